The van der Waals surface area contributed by atoms with Gasteiger partial charge in [0, 0.05) is 19.2 Å². The number of para-hydroxylation sites is 1. The Hall–Kier alpha value is -3.66. The highest BCUT2D eigenvalue weighted by Gasteiger charge is 2.39. The van der Waals surface area contributed by atoms with Crippen molar-refractivity contribution >= 4 is 27.5 Å². The number of nitrogens with zero attached hydrogens (tertiary/aromatic N) is 4. The van der Waals surface area contributed by atoms with Crippen LogP contribution < -0.4 is 10.9 Å². The molecule has 0 unspecified atom stereocenters. The fourth-order valence-electron chi connectivity index (χ4n) is 4.51. The van der Waals surface area contributed by atoms with Gasteiger partial charge in [0.1, 0.15) is 16.6 Å². The summed E-state index contributed by atoms with van der Waals surface area (Å²) in [4.78, 5) is 28.3. The summed E-state index contributed by atoms with van der Waals surface area (Å²) in [6, 6.07) is 15.2. The van der Waals surface area contributed by atoms with Gasteiger partial charge in [-0.1, -0.05) is 30.3 Å². The molecule has 2 aromatic carbocycles. The van der Waals surface area contributed by atoms with Crippen LogP contribution in [0.2, 0.25) is 0 Å². The van der Waals surface area contributed by atoms with E-state index in [0.717, 1.165) is 0 Å². The van der Waals surface area contributed by atoms with E-state index in [1.165, 1.54) is 10.7 Å². The number of rotatable bonds is 3. The van der Waals surface area contributed by atoms with Crippen molar-refractivity contribution in [2.75, 3.05) is 11.9 Å². The molecule has 2 aliphatic heterocycles. The van der Waals surface area contributed by atoms with Crippen molar-refractivity contribution in [3.8, 4) is 5.69 Å². The van der Waals surface area contributed by atoms with E-state index < -0.39 is 16.1 Å². The standard InChI is InChI=1S/C23H23N5O4S/c1-15-20(23(30)28(26(15)2)16-9-4-3-5-10-16)24-22(29)18-12-8-14-27(18)21-17-11-6-7-13-19(17)33(31,32)25-21/h3-7,9-11,13,18H,8,12,14H2,1-2H3,(H,24,29)/t18-/m0/s1. The molecule has 1 fully saturated rings. The first-order valence-corrected chi connectivity index (χ1v) is 12.1. The Balaban J connectivity index is 1.47. The molecule has 0 aliphatic carbocycles. The van der Waals surface area contributed by atoms with Gasteiger partial charge in [-0.2, -0.15) is 8.42 Å². The first kappa shape index (κ1) is 21.2. The summed E-state index contributed by atoms with van der Waals surface area (Å²) in [5.74, 6) is -0.0716. The van der Waals surface area contributed by atoms with Crippen molar-refractivity contribution < 1.29 is 13.2 Å². The Bertz CT molecular complexity index is 1450. The topological polar surface area (TPSA) is 106 Å². The van der Waals surface area contributed by atoms with Crippen LogP contribution in [0.4, 0.5) is 5.69 Å². The van der Waals surface area contributed by atoms with Crippen LogP contribution >= 0.6 is 0 Å². The first-order valence-electron chi connectivity index (χ1n) is 10.7. The van der Waals surface area contributed by atoms with Crippen LogP contribution in [0.5, 0.6) is 0 Å². The molecule has 2 aliphatic rings. The number of hydrogen-bond donors (Lipinski definition) is 1. The maximum Gasteiger partial charge on any atom is 0.295 e. The van der Waals surface area contributed by atoms with Crippen molar-refractivity contribution in [2.45, 2.75) is 30.7 Å². The number of amides is 1. The average molecular weight is 466 g/mol. The Labute approximate surface area is 191 Å². The molecule has 5 rings (SSSR count). The molecule has 0 spiro atoms. The van der Waals surface area contributed by atoms with E-state index in [1.807, 2.05) is 30.3 Å². The van der Waals surface area contributed by atoms with Crippen molar-refractivity contribution in [3.63, 3.8) is 0 Å². The zero-order valence-corrected chi connectivity index (χ0v) is 19.0. The van der Waals surface area contributed by atoms with Crippen molar-refractivity contribution in [1.29, 1.82) is 0 Å². The summed E-state index contributed by atoms with van der Waals surface area (Å²) in [5.41, 5.74) is 1.69. The molecule has 0 bridgehead atoms. The Morgan fingerprint density at radius 2 is 1.79 bits per heavy atom. The zero-order chi connectivity index (χ0) is 23.3. The maximum absolute atomic E-state index is 13.3. The van der Waals surface area contributed by atoms with E-state index in [4.69, 9.17) is 0 Å². The number of carbonyl (C=O) groups excluding carboxylic acids is 1. The monoisotopic (exact) mass is 465 g/mol. The number of nitrogens with one attached hydrogen (secondary N) is 1. The number of benzene rings is 2. The second kappa shape index (κ2) is 7.73. The van der Waals surface area contributed by atoms with Gasteiger partial charge in [-0.3, -0.25) is 14.3 Å². The predicted octanol–water partition coefficient (Wildman–Crippen LogP) is 2.04. The summed E-state index contributed by atoms with van der Waals surface area (Å²) < 4.78 is 32.1. The molecule has 1 atom stereocenters. The van der Waals surface area contributed by atoms with E-state index in [2.05, 4.69) is 9.71 Å². The van der Waals surface area contributed by atoms with Crippen LogP contribution in [-0.2, 0) is 21.9 Å². The molecular weight excluding hydrogens is 442 g/mol. The molecule has 33 heavy (non-hydrogen) atoms. The molecule has 10 heteroatoms. The number of amidine groups is 1. The molecule has 1 aromatic heterocycles. The van der Waals surface area contributed by atoms with Gasteiger partial charge in [0.25, 0.3) is 15.6 Å². The highest BCUT2D eigenvalue weighted by molar-refractivity contribution is 7.90. The summed E-state index contributed by atoms with van der Waals surface area (Å²) >= 11 is 0. The second-order valence-corrected chi connectivity index (χ2v) is 9.74. The molecule has 0 saturated carbocycles. The van der Waals surface area contributed by atoms with Crippen molar-refractivity contribution in [3.05, 3.63) is 76.2 Å². The maximum atomic E-state index is 13.3. The van der Waals surface area contributed by atoms with E-state index in [0.29, 0.717) is 36.3 Å². The number of anilines is 1. The van der Waals surface area contributed by atoms with Gasteiger partial charge in [-0.05, 0) is 44.0 Å². The molecule has 1 saturated heterocycles. The fourth-order valence-corrected chi connectivity index (χ4v) is 5.72. The van der Waals surface area contributed by atoms with Crippen LogP contribution in [-0.4, -0.2) is 47.0 Å². The predicted molar refractivity (Wildman–Crippen MR) is 124 cm³/mol. The molecule has 170 valence electrons. The molecule has 3 aromatic rings. The highest BCUT2D eigenvalue weighted by Crippen LogP contribution is 2.31. The third-order valence-corrected chi connectivity index (χ3v) is 7.57. The number of sulfonamides is 1. The molecule has 1 amide bonds. The molecule has 0 radical (unpaired) electrons. The van der Waals surface area contributed by atoms with Crippen LogP contribution in [0.25, 0.3) is 5.69 Å². The minimum absolute atomic E-state index is 0.149. The zero-order valence-electron chi connectivity index (χ0n) is 18.2. The smallest absolute Gasteiger partial charge is 0.295 e. The fraction of sp³-hybridized carbons (Fsp3) is 0.261. The van der Waals surface area contributed by atoms with Gasteiger partial charge >= 0.3 is 0 Å². The van der Waals surface area contributed by atoms with Crippen molar-refractivity contribution in [1.82, 2.24) is 14.3 Å². The summed E-state index contributed by atoms with van der Waals surface area (Å²) in [6.45, 7) is 2.27. The molecule has 1 N–H and O–H groups in total. The number of hydrogen-bond acceptors (Lipinski definition) is 5. The van der Waals surface area contributed by atoms with Crippen LogP contribution in [0.3, 0.4) is 0 Å². The summed E-state index contributed by atoms with van der Waals surface area (Å²) in [5, 5.41) is 2.81. The van der Waals surface area contributed by atoms with Gasteiger partial charge in [0.15, 0.2) is 5.84 Å². The third kappa shape index (κ3) is 3.37. The number of aromatic nitrogens is 2. The summed E-state index contributed by atoms with van der Waals surface area (Å²) in [7, 11) is -2.03. The Kier molecular flexibility index (Phi) is 4.97. The van der Waals surface area contributed by atoms with Gasteiger partial charge in [-0.25, -0.2) is 4.68 Å². The largest absolute Gasteiger partial charge is 0.343 e. The lowest BCUT2D eigenvalue weighted by Gasteiger charge is -2.25. The van der Waals surface area contributed by atoms with Gasteiger partial charge in [0.05, 0.1) is 11.4 Å². The van der Waals surface area contributed by atoms with Gasteiger partial charge < -0.3 is 10.2 Å². The first-order chi connectivity index (χ1) is 15.8. The lowest BCUT2D eigenvalue weighted by atomic mass is 10.1. The van der Waals surface area contributed by atoms with Gasteiger partial charge in [-0.15, -0.1) is 4.40 Å². The second-order valence-electron chi connectivity index (χ2n) is 8.16. The van der Waals surface area contributed by atoms with E-state index in [-0.39, 0.29) is 27.9 Å². The lowest BCUT2D eigenvalue weighted by Crippen LogP contribution is -2.43. The van der Waals surface area contributed by atoms with Crippen LogP contribution in [0.15, 0.2) is 68.7 Å². The Morgan fingerprint density at radius 1 is 1.09 bits per heavy atom. The van der Waals surface area contributed by atoms with E-state index in [1.54, 1.807) is 41.8 Å². The third-order valence-electron chi connectivity index (χ3n) is 6.24. The normalized spacial score (nSPS) is 18.8. The molecule has 9 nitrogen and oxygen atoms in total. The Morgan fingerprint density at radius 3 is 2.55 bits per heavy atom. The van der Waals surface area contributed by atoms with Crippen LogP contribution in [0, 0.1) is 6.92 Å². The van der Waals surface area contributed by atoms with E-state index in [9.17, 15) is 18.0 Å². The highest BCUT2D eigenvalue weighted by atomic mass is 32.2. The summed E-state index contributed by atoms with van der Waals surface area (Å²) in [6.07, 6.45) is 1.24. The minimum Gasteiger partial charge on any atom is -0.343 e. The van der Waals surface area contributed by atoms with E-state index >= 15 is 0 Å². The lowest BCUT2D eigenvalue weighted by molar-refractivity contribution is -0.119. The number of carbonyl (C=O) groups is 1. The number of fused-ring (bicyclic) bond motifs is 1. The quantitative estimate of drug-likeness (QED) is 0.637. The van der Waals surface area contributed by atoms with Crippen molar-refractivity contribution in [2.24, 2.45) is 11.4 Å². The SMILES string of the molecule is Cc1c(NC(=O)[C@@H]2CCCN2C2=NS(=O)(=O)c3ccccc32)c(=O)n(-c2ccccc2)n1C. The van der Waals surface area contributed by atoms with Crippen LogP contribution in [0.1, 0.15) is 24.1 Å². The molecular formula is C23H23N5O4S. The number of likely N-dealkylation sites (tertiary alicyclic amines) is 1. The van der Waals surface area contributed by atoms with Gasteiger partial charge in [0.2, 0.25) is 5.91 Å². The average Bonchev–Trinajstić information content (AvgIpc) is 3.45. The molecule has 3 heterocycles. The minimum atomic E-state index is -3.79.